The first kappa shape index (κ1) is 13.2. The third-order valence-corrected chi connectivity index (χ3v) is 2.97. The Balaban J connectivity index is 2.28. The Bertz CT molecular complexity index is 642. The van der Waals surface area contributed by atoms with Crippen molar-refractivity contribution in [3.63, 3.8) is 0 Å². The van der Waals surface area contributed by atoms with E-state index in [0.717, 1.165) is 6.29 Å². The Morgan fingerprint density at radius 3 is 2.63 bits per heavy atom. The molecule has 0 amide bonds. The SMILES string of the molecule is O=Cc1ccc(Oc2cccc([N+](=O)[O-])c2)c(Br)c1. The zero-order valence-electron chi connectivity index (χ0n) is 9.58. The van der Waals surface area contributed by atoms with E-state index < -0.39 is 4.92 Å². The molecule has 19 heavy (non-hydrogen) atoms. The van der Waals surface area contributed by atoms with Crippen LogP contribution in [0.4, 0.5) is 5.69 Å². The molecule has 0 spiro atoms. The number of benzene rings is 2. The van der Waals surface area contributed by atoms with E-state index in [-0.39, 0.29) is 5.69 Å². The Hall–Kier alpha value is -2.21. The van der Waals surface area contributed by atoms with E-state index in [9.17, 15) is 14.9 Å². The normalized spacial score (nSPS) is 9.95. The number of nitro benzene ring substituents is 1. The lowest BCUT2D eigenvalue weighted by molar-refractivity contribution is -0.384. The molecule has 0 bridgehead atoms. The van der Waals surface area contributed by atoms with Crippen LogP contribution in [0.15, 0.2) is 46.9 Å². The van der Waals surface area contributed by atoms with Crippen molar-refractivity contribution in [2.75, 3.05) is 0 Å². The highest BCUT2D eigenvalue weighted by Gasteiger charge is 2.09. The van der Waals surface area contributed by atoms with Gasteiger partial charge in [-0.25, -0.2) is 0 Å². The van der Waals surface area contributed by atoms with Crippen molar-refractivity contribution in [2.24, 2.45) is 0 Å². The predicted molar refractivity (Wildman–Crippen MR) is 72.7 cm³/mol. The molecular weight excluding hydrogens is 314 g/mol. The lowest BCUT2D eigenvalue weighted by atomic mass is 10.2. The van der Waals surface area contributed by atoms with Gasteiger partial charge in [-0.15, -0.1) is 0 Å². The van der Waals surface area contributed by atoms with Crippen molar-refractivity contribution < 1.29 is 14.5 Å². The van der Waals surface area contributed by atoms with Crippen molar-refractivity contribution in [2.45, 2.75) is 0 Å². The van der Waals surface area contributed by atoms with E-state index in [4.69, 9.17) is 4.74 Å². The average molecular weight is 322 g/mol. The minimum Gasteiger partial charge on any atom is -0.456 e. The molecule has 96 valence electrons. The van der Waals surface area contributed by atoms with Crippen LogP contribution in [-0.4, -0.2) is 11.2 Å². The summed E-state index contributed by atoms with van der Waals surface area (Å²) in [5.41, 5.74) is 0.469. The summed E-state index contributed by atoms with van der Waals surface area (Å²) < 4.78 is 6.13. The highest BCUT2D eigenvalue weighted by Crippen LogP contribution is 2.31. The summed E-state index contributed by atoms with van der Waals surface area (Å²) in [6.07, 6.45) is 0.724. The van der Waals surface area contributed by atoms with E-state index in [1.54, 1.807) is 30.3 Å². The molecule has 0 aromatic heterocycles. The first-order valence-corrected chi connectivity index (χ1v) is 6.06. The summed E-state index contributed by atoms with van der Waals surface area (Å²) in [6, 6.07) is 10.7. The largest absolute Gasteiger partial charge is 0.456 e. The van der Waals surface area contributed by atoms with Crippen LogP contribution in [0.1, 0.15) is 10.4 Å². The van der Waals surface area contributed by atoms with Crippen molar-refractivity contribution in [1.82, 2.24) is 0 Å². The second-order valence-electron chi connectivity index (χ2n) is 3.66. The number of hydrogen-bond acceptors (Lipinski definition) is 4. The minimum atomic E-state index is -0.489. The number of carbonyl (C=O) groups excluding carboxylic acids is 1. The molecule has 6 heteroatoms. The molecule has 0 aliphatic carbocycles. The lowest BCUT2D eigenvalue weighted by Crippen LogP contribution is -1.90. The zero-order valence-corrected chi connectivity index (χ0v) is 11.2. The van der Waals surface area contributed by atoms with Gasteiger partial charge in [-0.2, -0.15) is 0 Å². The molecule has 5 nitrogen and oxygen atoms in total. The molecule has 0 aliphatic heterocycles. The number of aldehydes is 1. The van der Waals surface area contributed by atoms with Crippen molar-refractivity contribution in [3.8, 4) is 11.5 Å². The molecular formula is C13H8BrNO4. The second-order valence-corrected chi connectivity index (χ2v) is 4.52. The summed E-state index contributed by atoms with van der Waals surface area (Å²) in [5.74, 6) is 0.833. The minimum absolute atomic E-state index is 0.0434. The summed E-state index contributed by atoms with van der Waals surface area (Å²) in [5, 5.41) is 10.7. The van der Waals surface area contributed by atoms with Crippen LogP contribution >= 0.6 is 15.9 Å². The molecule has 2 rings (SSSR count). The number of hydrogen-bond donors (Lipinski definition) is 0. The van der Waals surface area contributed by atoms with E-state index >= 15 is 0 Å². The number of rotatable bonds is 4. The van der Waals surface area contributed by atoms with Gasteiger partial charge >= 0.3 is 0 Å². The van der Waals surface area contributed by atoms with Gasteiger partial charge < -0.3 is 4.74 Å². The smallest absolute Gasteiger partial charge is 0.273 e. The van der Waals surface area contributed by atoms with Gasteiger partial charge in [0.1, 0.15) is 17.8 Å². The maximum absolute atomic E-state index is 10.7. The number of nitrogens with zero attached hydrogens (tertiary/aromatic N) is 1. The highest BCUT2D eigenvalue weighted by molar-refractivity contribution is 9.10. The van der Waals surface area contributed by atoms with Gasteiger partial charge in [0.2, 0.25) is 0 Å². The summed E-state index contributed by atoms with van der Waals surface area (Å²) in [6.45, 7) is 0. The van der Waals surface area contributed by atoms with Crippen LogP contribution in [-0.2, 0) is 0 Å². The standard InChI is InChI=1S/C13H8BrNO4/c14-12-6-9(8-16)4-5-13(12)19-11-3-1-2-10(7-11)15(17)18/h1-8H. The first-order chi connectivity index (χ1) is 9.10. The average Bonchev–Trinajstić information content (AvgIpc) is 2.41. The molecule has 2 aromatic carbocycles. The third kappa shape index (κ3) is 3.17. The molecule has 0 unspecified atom stereocenters. The maximum atomic E-state index is 10.7. The topological polar surface area (TPSA) is 69.4 Å². The van der Waals surface area contributed by atoms with E-state index in [2.05, 4.69) is 15.9 Å². The number of non-ortho nitro benzene ring substituents is 1. The Morgan fingerprint density at radius 2 is 2.00 bits per heavy atom. The predicted octanol–water partition coefficient (Wildman–Crippen LogP) is 3.96. The molecule has 2 aromatic rings. The molecule has 0 atom stereocenters. The molecule has 0 saturated carbocycles. The Labute approximate surface area is 117 Å². The number of carbonyl (C=O) groups is 1. The fourth-order valence-electron chi connectivity index (χ4n) is 1.46. The Kier molecular flexibility index (Phi) is 3.91. The number of ether oxygens (including phenoxy) is 1. The molecule has 0 heterocycles. The van der Waals surface area contributed by atoms with Gasteiger partial charge in [-0.1, -0.05) is 6.07 Å². The summed E-state index contributed by atoms with van der Waals surface area (Å²) in [7, 11) is 0. The quantitative estimate of drug-likeness (QED) is 0.485. The van der Waals surface area contributed by atoms with E-state index in [1.165, 1.54) is 12.1 Å². The fraction of sp³-hybridized carbons (Fsp3) is 0. The first-order valence-electron chi connectivity index (χ1n) is 5.27. The molecule has 0 N–H and O–H groups in total. The maximum Gasteiger partial charge on any atom is 0.273 e. The van der Waals surface area contributed by atoms with Gasteiger partial charge in [-0.3, -0.25) is 14.9 Å². The van der Waals surface area contributed by atoms with Crippen LogP contribution in [0.25, 0.3) is 0 Å². The summed E-state index contributed by atoms with van der Waals surface area (Å²) >= 11 is 3.28. The van der Waals surface area contributed by atoms with E-state index in [1.807, 2.05) is 0 Å². The monoisotopic (exact) mass is 321 g/mol. The molecule has 0 aliphatic rings. The van der Waals surface area contributed by atoms with Gasteiger partial charge in [0.05, 0.1) is 15.5 Å². The summed E-state index contributed by atoms with van der Waals surface area (Å²) in [4.78, 5) is 20.8. The van der Waals surface area contributed by atoms with Crippen LogP contribution in [0.2, 0.25) is 0 Å². The highest BCUT2D eigenvalue weighted by atomic mass is 79.9. The van der Waals surface area contributed by atoms with Gasteiger partial charge in [-0.05, 0) is 40.2 Å². The van der Waals surface area contributed by atoms with Crippen molar-refractivity contribution >= 4 is 27.9 Å². The molecule has 0 saturated heterocycles. The van der Waals surface area contributed by atoms with E-state index in [0.29, 0.717) is 21.5 Å². The number of nitro groups is 1. The third-order valence-electron chi connectivity index (χ3n) is 2.35. The zero-order chi connectivity index (χ0) is 13.8. The van der Waals surface area contributed by atoms with Crippen molar-refractivity contribution in [3.05, 3.63) is 62.6 Å². The van der Waals surface area contributed by atoms with Gasteiger partial charge in [0, 0.05) is 11.6 Å². The lowest BCUT2D eigenvalue weighted by Gasteiger charge is -2.07. The van der Waals surface area contributed by atoms with Crippen molar-refractivity contribution in [1.29, 1.82) is 0 Å². The van der Waals surface area contributed by atoms with Crippen LogP contribution < -0.4 is 4.74 Å². The fourth-order valence-corrected chi connectivity index (χ4v) is 1.94. The Morgan fingerprint density at radius 1 is 1.21 bits per heavy atom. The molecule has 0 radical (unpaired) electrons. The van der Waals surface area contributed by atoms with Crippen LogP contribution in [0.5, 0.6) is 11.5 Å². The second kappa shape index (κ2) is 5.62. The number of halogens is 1. The van der Waals surface area contributed by atoms with Gasteiger partial charge in [0.15, 0.2) is 0 Å². The van der Waals surface area contributed by atoms with Crippen LogP contribution in [0.3, 0.4) is 0 Å². The van der Waals surface area contributed by atoms with Gasteiger partial charge in [0.25, 0.3) is 5.69 Å². The molecule has 0 fully saturated rings. The van der Waals surface area contributed by atoms with Crippen LogP contribution in [0, 0.1) is 10.1 Å².